The zero-order valence-corrected chi connectivity index (χ0v) is 13.0. The first kappa shape index (κ1) is 18.9. The zero-order valence-electron chi connectivity index (χ0n) is 10.9. The van der Waals surface area contributed by atoms with Crippen molar-refractivity contribution >= 4 is 23.9 Å². The Morgan fingerprint density at radius 1 is 0.875 bits per heavy atom. The van der Waals surface area contributed by atoms with E-state index in [1.165, 1.54) is 51.4 Å². The Bertz CT molecular complexity index is 114. The first-order chi connectivity index (χ1) is 7.83. The maximum atomic E-state index is 8.35. The van der Waals surface area contributed by atoms with Crippen LogP contribution in [0.2, 0.25) is 10.6 Å². The smallest absolute Gasteiger partial charge is 0.0642 e. The minimum absolute atomic E-state index is 0.805. The van der Waals surface area contributed by atoms with Crippen LogP contribution < -0.4 is 4.89 Å². The van der Waals surface area contributed by atoms with Crippen LogP contribution in [0.15, 0.2) is 0 Å². The van der Waals surface area contributed by atoms with Gasteiger partial charge in [0, 0.05) is 0 Å². The summed E-state index contributed by atoms with van der Waals surface area (Å²) in [5.41, 5.74) is 0. The molecule has 0 aliphatic rings. The van der Waals surface area contributed by atoms with Crippen molar-refractivity contribution in [3.8, 4) is 0 Å². The van der Waals surface area contributed by atoms with Crippen molar-refractivity contribution in [1.29, 1.82) is 0 Å². The molecular formula is C12H26AlO2P. The van der Waals surface area contributed by atoms with Crippen molar-refractivity contribution in [2.24, 2.45) is 0 Å². The Morgan fingerprint density at radius 2 is 1.25 bits per heavy atom. The van der Waals surface area contributed by atoms with Gasteiger partial charge in [-0.3, -0.25) is 4.57 Å². The number of hydrogen-bond donors (Lipinski definition) is 0. The van der Waals surface area contributed by atoms with Crippen LogP contribution in [0.1, 0.15) is 65.2 Å². The van der Waals surface area contributed by atoms with Gasteiger partial charge in [0.15, 0.2) is 0 Å². The Labute approximate surface area is 109 Å². The fourth-order valence-electron chi connectivity index (χ4n) is 1.58. The maximum absolute atomic E-state index is 8.35. The van der Waals surface area contributed by atoms with E-state index in [0.29, 0.717) is 0 Å². The van der Waals surface area contributed by atoms with Gasteiger partial charge in [0.1, 0.15) is 0 Å². The summed E-state index contributed by atoms with van der Waals surface area (Å²) in [7, 11) is -1.08. The van der Waals surface area contributed by atoms with Crippen LogP contribution in [0.25, 0.3) is 0 Å². The average molecular weight is 260 g/mol. The third-order valence-electron chi connectivity index (χ3n) is 2.52. The second-order valence-electron chi connectivity index (χ2n) is 4.06. The van der Waals surface area contributed by atoms with E-state index in [9.17, 15) is 0 Å². The van der Waals surface area contributed by atoms with Crippen LogP contribution in [0.4, 0.5) is 0 Å². The average Bonchev–Trinajstić information content (AvgIpc) is 2.28. The summed E-state index contributed by atoms with van der Waals surface area (Å²) >= 11 is 0.805. The van der Waals surface area contributed by atoms with Crippen LogP contribution in [-0.2, 0) is 4.57 Å². The van der Waals surface area contributed by atoms with E-state index in [2.05, 4.69) is 13.8 Å². The monoisotopic (exact) mass is 260 g/mol. The summed E-state index contributed by atoms with van der Waals surface area (Å²) in [6.07, 6.45) is 11.7. The second kappa shape index (κ2) is 20.9. The van der Waals surface area contributed by atoms with Crippen molar-refractivity contribution in [2.75, 3.05) is 0 Å². The van der Waals surface area contributed by atoms with Gasteiger partial charge in [-0.15, -0.1) is 0 Å². The molecule has 0 radical (unpaired) electrons. The van der Waals surface area contributed by atoms with Gasteiger partial charge in [-0.2, -0.15) is 0 Å². The van der Waals surface area contributed by atoms with E-state index in [1.54, 1.807) is 10.6 Å². The summed E-state index contributed by atoms with van der Waals surface area (Å²) in [4.78, 5) is 8.35. The van der Waals surface area contributed by atoms with Gasteiger partial charge >= 0.3 is 91.0 Å². The molecular weight excluding hydrogens is 234 g/mol. The van der Waals surface area contributed by atoms with Crippen LogP contribution in [-0.4, -0.2) is 15.2 Å². The first-order valence-corrected chi connectivity index (χ1v) is 8.96. The maximum Gasteiger partial charge on any atom is 0.0642 e. The van der Waals surface area contributed by atoms with Crippen LogP contribution >= 0.6 is 8.69 Å². The quantitative estimate of drug-likeness (QED) is 0.335. The van der Waals surface area contributed by atoms with Crippen LogP contribution in [0.5, 0.6) is 0 Å². The Balaban J connectivity index is 0. The van der Waals surface area contributed by atoms with Gasteiger partial charge in [-0.1, -0.05) is 0 Å². The Hall–Kier alpha value is 0.592. The molecule has 0 saturated carbocycles. The molecule has 0 aromatic carbocycles. The molecule has 0 aromatic heterocycles. The standard InChI is InChI=1S/2C6H13.Al.HO2P/c2*1-3-5-6-4-2;;1-3-2/h2*1,3-6H2,2H3;;(H,1,2)/q;;+1;/p-1. The molecule has 0 amide bonds. The minimum atomic E-state index is -1.08. The Morgan fingerprint density at radius 3 is 1.56 bits per heavy atom. The Kier molecular flexibility index (Phi) is 24.8. The van der Waals surface area contributed by atoms with Crippen molar-refractivity contribution in [1.82, 2.24) is 0 Å². The molecule has 94 valence electrons. The molecule has 0 aliphatic carbocycles. The summed E-state index contributed by atoms with van der Waals surface area (Å²) in [5.74, 6) is 0. The third-order valence-corrected chi connectivity index (χ3v) is 4.16. The van der Waals surface area contributed by atoms with E-state index in [4.69, 9.17) is 9.46 Å². The third kappa shape index (κ3) is 24.0. The normalized spacial score (nSPS) is 9.44. The van der Waals surface area contributed by atoms with E-state index in [1.807, 2.05) is 0 Å². The molecule has 0 unspecified atom stereocenters. The first-order valence-electron chi connectivity index (χ1n) is 6.60. The summed E-state index contributed by atoms with van der Waals surface area (Å²) in [5, 5.41) is 3.12. The van der Waals surface area contributed by atoms with Gasteiger partial charge in [-0.25, -0.2) is 0 Å². The molecule has 0 atom stereocenters. The predicted octanol–water partition coefficient (Wildman–Crippen LogP) is 4.24. The van der Waals surface area contributed by atoms with Gasteiger partial charge in [0.2, 0.25) is 0 Å². The van der Waals surface area contributed by atoms with Crippen molar-refractivity contribution in [3.63, 3.8) is 0 Å². The number of rotatable bonds is 10. The molecule has 2 nitrogen and oxygen atoms in total. The van der Waals surface area contributed by atoms with E-state index in [0.717, 1.165) is 15.2 Å². The molecule has 0 N–H and O–H groups in total. The summed E-state index contributed by atoms with van der Waals surface area (Å²) in [6, 6.07) is 0. The van der Waals surface area contributed by atoms with Crippen LogP contribution in [0.3, 0.4) is 0 Å². The zero-order chi connectivity index (χ0) is 12.5. The van der Waals surface area contributed by atoms with Gasteiger partial charge in [0.05, 0.1) is 8.69 Å². The fourth-order valence-corrected chi connectivity index (χ4v) is 3.02. The van der Waals surface area contributed by atoms with Crippen molar-refractivity contribution in [2.45, 2.75) is 75.8 Å². The second-order valence-corrected chi connectivity index (χ2v) is 5.94. The van der Waals surface area contributed by atoms with Crippen molar-refractivity contribution in [3.05, 3.63) is 0 Å². The molecule has 4 heteroatoms. The molecule has 0 aliphatic heterocycles. The van der Waals surface area contributed by atoms with E-state index in [-0.39, 0.29) is 0 Å². The molecule has 0 heterocycles. The summed E-state index contributed by atoms with van der Waals surface area (Å²) < 4.78 is 8.35. The molecule has 0 spiro atoms. The number of hydrogen-bond acceptors (Lipinski definition) is 2. The minimum Gasteiger partial charge on any atom is -0.772 e. The molecule has 0 fully saturated rings. The van der Waals surface area contributed by atoms with Gasteiger partial charge in [0.25, 0.3) is 0 Å². The summed E-state index contributed by atoms with van der Waals surface area (Å²) in [6.45, 7) is 4.58. The molecule has 16 heavy (non-hydrogen) atoms. The molecule has 0 bridgehead atoms. The van der Waals surface area contributed by atoms with Crippen molar-refractivity contribution < 1.29 is 9.46 Å². The van der Waals surface area contributed by atoms with Gasteiger partial charge < -0.3 is 4.89 Å². The molecule has 0 rings (SSSR count). The number of unbranched alkanes of at least 4 members (excludes halogenated alkanes) is 6. The fraction of sp³-hybridized carbons (Fsp3) is 1.00. The van der Waals surface area contributed by atoms with E-state index < -0.39 is 8.69 Å². The van der Waals surface area contributed by atoms with Crippen LogP contribution in [0, 0.1) is 0 Å². The topological polar surface area (TPSA) is 40.1 Å². The van der Waals surface area contributed by atoms with E-state index >= 15 is 0 Å². The van der Waals surface area contributed by atoms with Gasteiger partial charge in [-0.05, 0) is 0 Å². The SMILES string of the molecule is CCCCC[CH2][Al+][CH2]CCCCC.O=P[O-]. The molecule has 0 saturated heterocycles. The predicted molar refractivity (Wildman–Crippen MR) is 71.3 cm³/mol. The largest absolute Gasteiger partial charge is 0.772 e. The molecule has 0 aromatic rings.